The van der Waals surface area contributed by atoms with Crippen molar-refractivity contribution in [2.24, 2.45) is 0 Å². The van der Waals surface area contributed by atoms with Crippen LogP contribution in [0.3, 0.4) is 0 Å². The van der Waals surface area contributed by atoms with Crippen molar-refractivity contribution >= 4 is 23.1 Å². The van der Waals surface area contributed by atoms with E-state index >= 15 is 0 Å². The highest BCUT2D eigenvalue weighted by Gasteiger charge is 2.47. The van der Waals surface area contributed by atoms with Crippen LogP contribution in [0.2, 0.25) is 0 Å². The van der Waals surface area contributed by atoms with Crippen molar-refractivity contribution in [3.63, 3.8) is 0 Å². The number of anilines is 1. The Bertz CT molecular complexity index is 1240. The maximum atomic E-state index is 13.3. The molecule has 1 aromatic heterocycles. The Balaban J connectivity index is 1.89. The summed E-state index contributed by atoms with van der Waals surface area (Å²) >= 11 is 0. The standard InChI is InChI=1S/C29H30N2O3/c1-17(2)20-7-11-22(12-8-20)26-25(27(32)23-13-9-21(10-14-23)18(3)4)28(33)29(34)31(26)24-15-6-19(5)30-16-24/h6-18,26,32H,1-5H3/b27-25-. The Morgan fingerprint density at radius 3 is 1.91 bits per heavy atom. The largest absolute Gasteiger partial charge is 0.507 e. The highest BCUT2D eigenvalue weighted by Crippen LogP contribution is 2.42. The molecule has 4 rings (SSSR count). The molecule has 1 N–H and O–H groups in total. The molecule has 2 aromatic carbocycles. The van der Waals surface area contributed by atoms with Gasteiger partial charge in [-0.05, 0) is 47.6 Å². The van der Waals surface area contributed by atoms with Crippen LogP contribution in [0.15, 0.2) is 72.4 Å². The van der Waals surface area contributed by atoms with Crippen LogP contribution in [-0.4, -0.2) is 21.8 Å². The number of aliphatic hydroxyl groups is 1. The molecule has 2 heterocycles. The maximum Gasteiger partial charge on any atom is 0.300 e. The van der Waals surface area contributed by atoms with E-state index in [1.54, 1.807) is 30.5 Å². The summed E-state index contributed by atoms with van der Waals surface area (Å²) in [5.74, 6) is -0.862. The number of carbonyl (C=O) groups excluding carboxylic acids is 2. The number of aromatic nitrogens is 1. The average Bonchev–Trinajstić information content (AvgIpc) is 3.09. The van der Waals surface area contributed by atoms with Crippen molar-refractivity contribution in [1.29, 1.82) is 0 Å². The van der Waals surface area contributed by atoms with E-state index in [-0.39, 0.29) is 11.3 Å². The van der Waals surface area contributed by atoms with Crippen molar-refractivity contribution < 1.29 is 14.7 Å². The summed E-state index contributed by atoms with van der Waals surface area (Å²) in [4.78, 5) is 32.3. The lowest BCUT2D eigenvalue weighted by atomic mass is 9.92. The van der Waals surface area contributed by atoms with Gasteiger partial charge in [-0.3, -0.25) is 19.5 Å². The van der Waals surface area contributed by atoms with Crippen LogP contribution in [0.4, 0.5) is 5.69 Å². The number of amides is 1. The van der Waals surface area contributed by atoms with Crippen molar-refractivity contribution in [2.75, 3.05) is 4.90 Å². The van der Waals surface area contributed by atoms with Gasteiger partial charge in [0.05, 0.1) is 23.5 Å². The Hall–Kier alpha value is -3.73. The second-order valence-electron chi connectivity index (χ2n) is 9.42. The fraction of sp³-hybridized carbons (Fsp3) is 0.276. The van der Waals surface area contributed by atoms with E-state index in [2.05, 4.69) is 32.7 Å². The summed E-state index contributed by atoms with van der Waals surface area (Å²) < 4.78 is 0. The summed E-state index contributed by atoms with van der Waals surface area (Å²) in [6.07, 6.45) is 1.59. The topological polar surface area (TPSA) is 70.5 Å². The summed E-state index contributed by atoms with van der Waals surface area (Å²) in [6, 6.07) is 18.2. The number of rotatable bonds is 5. The van der Waals surface area contributed by atoms with Gasteiger partial charge in [-0.15, -0.1) is 0 Å². The number of Topliss-reactive ketones (excluding diaryl/α,β-unsaturated/α-hetero) is 1. The number of ketones is 1. The van der Waals surface area contributed by atoms with Gasteiger partial charge in [-0.1, -0.05) is 76.2 Å². The summed E-state index contributed by atoms with van der Waals surface area (Å²) in [7, 11) is 0. The molecular weight excluding hydrogens is 424 g/mol. The molecule has 174 valence electrons. The first kappa shape index (κ1) is 23.4. The summed E-state index contributed by atoms with van der Waals surface area (Å²) in [5.41, 5.74) is 4.95. The van der Waals surface area contributed by atoms with Gasteiger partial charge in [-0.2, -0.15) is 0 Å². The minimum atomic E-state index is -0.754. The van der Waals surface area contributed by atoms with E-state index in [4.69, 9.17) is 0 Å². The van der Waals surface area contributed by atoms with Crippen LogP contribution < -0.4 is 4.90 Å². The third-order valence-corrected chi connectivity index (χ3v) is 6.39. The van der Waals surface area contributed by atoms with Crippen LogP contribution >= 0.6 is 0 Å². The first-order valence-corrected chi connectivity index (χ1v) is 11.6. The molecule has 34 heavy (non-hydrogen) atoms. The number of aliphatic hydroxyl groups excluding tert-OH is 1. The van der Waals surface area contributed by atoms with Gasteiger partial charge >= 0.3 is 0 Å². The predicted octanol–water partition coefficient (Wildman–Crippen LogP) is 6.26. The average molecular weight is 455 g/mol. The molecule has 1 aliphatic rings. The van der Waals surface area contributed by atoms with E-state index in [1.807, 2.05) is 43.3 Å². The van der Waals surface area contributed by atoms with Gasteiger partial charge < -0.3 is 5.11 Å². The Labute approximate surface area is 200 Å². The van der Waals surface area contributed by atoms with Crippen LogP contribution in [-0.2, 0) is 9.59 Å². The van der Waals surface area contributed by atoms with Crippen LogP contribution in [0.5, 0.6) is 0 Å². The smallest absolute Gasteiger partial charge is 0.300 e. The Morgan fingerprint density at radius 1 is 0.853 bits per heavy atom. The number of hydrogen-bond acceptors (Lipinski definition) is 4. The monoisotopic (exact) mass is 454 g/mol. The van der Waals surface area contributed by atoms with Crippen molar-refractivity contribution in [1.82, 2.24) is 4.98 Å². The molecule has 3 aromatic rings. The fourth-order valence-electron chi connectivity index (χ4n) is 4.26. The fourth-order valence-corrected chi connectivity index (χ4v) is 4.26. The molecule has 0 saturated carbocycles. The SMILES string of the molecule is Cc1ccc(N2C(=O)C(=O)/C(=C(\O)c3ccc(C(C)C)cc3)C2c2ccc(C(C)C)cc2)cn1. The zero-order valence-corrected chi connectivity index (χ0v) is 20.2. The second kappa shape index (κ2) is 9.26. The van der Waals surface area contributed by atoms with Gasteiger partial charge in [0.15, 0.2) is 0 Å². The lowest BCUT2D eigenvalue weighted by Crippen LogP contribution is -2.29. The van der Waals surface area contributed by atoms with E-state index in [1.165, 1.54) is 4.90 Å². The zero-order valence-electron chi connectivity index (χ0n) is 20.2. The summed E-state index contributed by atoms with van der Waals surface area (Å²) in [6.45, 7) is 10.3. The molecule has 1 atom stereocenters. The van der Waals surface area contributed by atoms with E-state index in [9.17, 15) is 14.7 Å². The molecule has 5 nitrogen and oxygen atoms in total. The van der Waals surface area contributed by atoms with Gasteiger partial charge in [0.2, 0.25) is 0 Å². The maximum absolute atomic E-state index is 13.3. The number of benzene rings is 2. The molecule has 1 amide bonds. The number of aryl methyl sites for hydroxylation is 1. The number of carbonyl (C=O) groups is 2. The molecule has 0 bridgehead atoms. The Kier molecular flexibility index (Phi) is 6.38. The van der Waals surface area contributed by atoms with Crippen molar-refractivity contribution in [2.45, 2.75) is 52.5 Å². The third kappa shape index (κ3) is 4.26. The minimum Gasteiger partial charge on any atom is -0.507 e. The third-order valence-electron chi connectivity index (χ3n) is 6.39. The molecular formula is C29H30N2O3. The minimum absolute atomic E-state index is 0.0835. The first-order chi connectivity index (χ1) is 16.2. The molecule has 1 saturated heterocycles. The zero-order chi connectivity index (χ0) is 24.6. The molecule has 0 radical (unpaired) electrons. The lowest BCUT2D eigenvalue weighted by Gasteiger charge is -2.25. The second-order valence-corrected chi connectivity index (χ2v) is 9.42. The Morgan fingerprint density at radius 2 is 1.41 bits per heavy atom. The lowest BCUT2D eigenvalue weighted by molar-refractivity contribution is -0.132. The van der Waals surface area contributed by atoms with Crippen LogP contribution in [0.25, 0.3) is 5.76 Å². The highest BCUT2D eigenvalue weighted by molar-refractivity contribution is 6.51. The van der Waals surface area contributed by atoms with E-state index < -0.39 is 17.7 Å². The van der Waals surface area contributed by atoms with Gasteiger partial charge in [0.1, 0.15) is 5.76 Å². The quantitative estimate of drug-likeness (QED) is 0.280. The number of nitrogens with zero attached hydrogens (tertiary/aromatic N) is 2. The predicted molar refractivity (Wildman–Crippen MR) is 135 cm³/mol. The number of pyridine rings is 1. The normalized spacial score (nSPS) is 17.7. The van der Waals surface area contributed by atoms with Crippen LogP contribution in [0, 0.1) is 6.92 Å². The molecule has 5 heteroatoms. The summed E-state index contributed by atoms with van der Waals surface area (Å²) in [5, 5.41) is 11.3. The first-order valence-electron chi connectivity index (χ1n) is 11.6. The highest BCUT2D eigenvalue weighted by atomic mass is 16.3. The molecule has 1 aliphatic heterocycles. The molecule has 1 unspecified atom stereocenters. The molecule has 0 spiro atoms. The van der Waals surface area contributed by atoms with Gasteiger partial charge in [0, 0.05) is 11.3 Å². The van der Waals surface area contributed by atoms with Gasteiger partial charge in [-0.25, -0.2) is 0 Å². The van der Waals surface area contributed by atoms with Crippen molar-refractivity contribution in [3.8, 4) is 0 Å². The molecule has 0 aliphatic carbocycles. The van der Waals surface area contributed by atoms with Crippen LogP contribution in [0.1, 0.15) is 73.5 Å². The molecule has 1 fully saturated rings. The van der Waals surface area contributed by atoms with E-state index in [0.717, 1.165) is 22.4 Å². The van der Waals surface area contributed by atoms with Gasteiger partial charge in [0.25, 0.3) is 11.7 Å². The number of hydrogen-bond donors (Lipinski definition) is 1. The van der Waals surface area contributed by atoms with Crippen molar-refractivity contribution in [3.05, 3.63) is 100 Å². The van der Waals surface area contributed by atoms with E-state index in [0.29, 0.717) is 23.1 Å².